The molecule has 0 bridgehead atoms. The van der Waals surface area contributed by atoms with Gasteiger partial charge in [0.05, 0.1) is 5.01 Å². The van der Waals surface area contributed by atoms with Crippen molar-refractivity contribution in [3.05, 3.63) is 51.5 Å². The molecular weight excluding hydrogens is 240 g/mol. The smallest absolute Gasteiger partial charge is 0.0925 e. The predicted molar refractivity (Wildman–Crippen MR) is 77.9 cm³/mol. The van der Waals surface area contributed by atoms with Crippen LogP contribution < -0.4 is 5.32 Å². The van der Waals surface area contributed by atoms with Crippen LogP contribution in [0.5, 0.6) is 0 Å². The maximum absolute atomic E-state index is 4.37. The van der Waals surface area contributed by atoms with Gasteiger partial charge in [0.1, 0.15) is 0 Å². The Bertz CT molecular complexity index is 491. The molecule has 0 aliphatic heterocycles. The average Bonchev–Trinajstić information content (AvgIpc) is 2.87. The topological polar surface area (TPSA) is 24.9 Å². The van der Waals surface area contributed by atoms with Crippen LogP contribution in [0.4, 0.5) is 0 Å². The molecule has 0 aliphatic carbocycles. The number of rotatable bonds is 6. The molecule has 1 heterocycles. The maximum Gasteiger partial charge on any atom is 0.0925 e. The molecule has 0 atom stereocenters. The summed E-state index contributed by atoms with van der Waals surface area (Å²) in [4.78, 5) is 5.69. The predicted octanol–water partition coefficient (Wildman–Crippen LogP) is 3.56. The van der Waals surface area contributed by atoms with E-state index in [4.69, 9.17) is 0 Å². The number of aryl methyl sites for hydroxylation is 2. The molecule has 0 radical (unpaired) electrons. The van der Waals surface area contributed by atoms with Gasteiger partial charge in [-0.3, -0.25) is 0 Å². The van der Waals surface area contributed by atoms with Crippen molar-refractivity contribution in [2.75, 3.05) is 0 Å². The Balaban J connectivity index is 1.88. The SMILES string of the molecule is CCc1ncc(CNCc2ccccc2CC)s1. The van der Waals surface area contributed by atoms with Crippen LogP contribution in [0.3, 0.4) is 0 Å². The van der Waals surface area contributed by atoms with Gasteiger partial charge in [0.25, 0.3) is 0 Å². The van der Waals surface area contributed by atoms with Gasteiger partial charge in [-0.15, -0.1) is 11.3 Å². The van der Waals surface area contributed by atoms with Gasteiger partial charge in [0.15, 0.2) is 0 Å². The van der Waals surface area contributed by atoms with E-state index in [1.54, 1.807) is 11.3 Å². The summed E-state index contributed by atoms with van der Waals surface area (Å²) in [6.45, 7) is 6.20. The van der Waals surface area contributed by atoms with Gasteiger partial charge >= 0.3 is 0 Å². The van der Waals surface area contributed by atoms with Crippen LogP contribution in [-0.2, 0) is 25.9 Å². The van der Waals surface area contributed by atoms with Crippen molar-refractivity contribution < 1.29 is 0 Å². The molecule has 1 aromatic heterocycles. The Hall–Kier alpha value is -1.19. The first kappa shape index (κ1) is 13.2. The van der Waals surface area contributed by atoms with Crippen LogP contribution in [0.15, 0.2) is 30.5 Å². The molecule has 1 aromatic carbocycles. The van der Waals surface area contributed by atoms with Crippen molar-refractivity contribution in [1.82, 2.24) is 10.3 Å². The lowest BCUT2D eigenvalue weighted by atomic mass is 10.1. The molecule has 0 amide bonds. The summed E-state index contributed by atoms with van der Waals surface area (Å²) in [7, 11) is 0. The number of thiazole rings is 1. The van der Waals surface area contributed by atoms with Crippen LogP contribution in [0.25, 0.3) is 0 Å². The van der Waals surface area contributed by atoms with Crippen molar-refractivity contribution >= 4 is 11.3 Å². The van der Waals surface area contributed by atoms with Gasteiger partial charge in [-0.1, -0.05) is 38.1 Å². The van der Waals surface area contributed by atoms with Gasteiger partial charge in [-0.2, -0.15) is 0 Å². The highest BCUT2D eigenvalue weighted by Crippen LogP contribution is 2.14. The quantitative estimate of drug-likeness (QED) is 0.859. The summed E-state index contributed by atoms with van der Waals surface area (Å²) in [5.74, 6) is 0. The summed E-state index contributed by atoms with van der Waals surface area (Å²) < 4.78 is 0. The number of nitrogens with one attached hydrogen (secondary N) is 1. The number of hydrogen-bond acceptors (Lipinski definition) is 3. The summed E-state index contributed by atoms with van der Waals surface area (Å²) in [6, 6.07) is 8.63. The molecule has 96 valence electrons. The summed E-state index contributed by atoms with van der Waals surface area (Å²) in [5.41, 5.74) is 2.84. The lowest BCUT2D eigenvalue weighted by molar-refractivity contribution is 0.694. The molecule has 2 aromatic rings. The lowest BCUT2D eigenvalue weighted by Crippen LogP contribution is -2.13. The summed E-state index contributed by atoms with van der Waals surface area (Å²) in [6.07, 6.45) is 4.12. The fourth-order valence-electron chi connectivity index (χ4n) is 1.99. The molecular formula is C15H20N2S. The van der Waals surface area contributed by atoms with E-state index in [9.17, 15) is 0 Å². The standard InChI is InChI=1S/C15H20N2S/c1-3-12-7-5-6-8-13(12)9-16-10-14-11-17-15(4-2)18-14/h5-8,11,16H,3-4,9-10H2,1-2H3. The van der Waals surface area contributed by atoms with Gasteiger partial charge in [-0.05, 0) is 24.0 Å². The normalized spacial score (nSPS) is 10.8. The van der Waals surface area contributed by atoms with Crippen molar-refractivity contribution in [2.45, 2.75) is 39.8 Å². The Labute approximate surface area is 113 Å². The zero-order chi connectivity index (χ0) is 12.8. The van der Waals surface area contributed by atoms with E-state index in [1.165, 1.54) is 21.0 Å². The minimum Gasteiger partial charge on any atom is -0.308 e. The first-order valence-electron chi connectivity index (χ1n) is 6.54. The molecule has 0 saturated carbocycles. The summed E-state index contributed by atoms with van der Waals surface area (Å²) >= 11 is 1.80. The van der Waals surface area contributed by atoms with Gasteiger partial charge in [-0.25, -0.2) is 4.98 Å². The Morgan fingerprint density at radius 1 is 1.06 bits per heavy atom. The number of aromatic nitrogens is 1. The van der Waals surface area contributed by atoms with Crippen LogP contribution >= 0.6 is 11.3 Å². The second kappa shape index (κ2) is 6.66. The Morgan fingerprint density at radius 2 is 1.83 bits per heavy atom. The third-order valence-electron chi connectivity index (χ3n) is 3.02. The van der Waals surface area contributed by atoms with Gasteiger partial charge < -0.3 is 5.32 Å². The van der Waals surface area contributed by atoms with Gasteiger partial charge in [0, 0.05) is 24.2 Å². The van der Waals surface area contributed by atoms with Crippen molar-refractivity contribution in [3.8, 4) is 0 Å². The highest BCUT2D eigenvalue weighted by molar-refractivity contribution is 7.11. The summed E-state index contributed by atoms with van der Waals surface area (Å²) in [5, 5.41) is 4.72. The largest absolute Gasteiger partial charge is 0.308 e. The van der Waals surface area contributed by atoms with E-state index >= 15 is 0 Å². The number of nitrogens with zero attached hydrogens (tertiary/aromatic N) is 1. The van der Waals surface area contributed by atoms with E-state index in [0.717, 1.165) is 25.9 Å². The number of hydrogen-bond donors (Lipinski definition) is 1. The van der Waals surface area contributed by atoms with Crippen molar-refractivity contribution in [1.29, 1.82) is 0 Å². The highest BCUT2D eigenvalue weighted by atomic mass is 32.1. The van der Waals surface area contributed by atoms with Gasteiger partial charge in [0.2, 0.25) is 0 Å². The van der Waals surface area contributed by atoms with E-state index in [-0.39, 0.29) is 0 Å². The van der Waals surface area contributed by atoms with Crippen molar-refractivity contribution in [3.63, 3.8) is 0 Å². The van der Waals surface area contributed by atoms with Crippen LogP contribution in [0, 0.1) is 0 Å². The molecule has 0 fully saturated rings. The van der Waals surface area contributed by atoms with E-state index in [2.05, 4.69) is 48.4 Å². The molecule has 2 nitrogen and oxygen atoms in total. The fraction of sp³-hybridized carbons (Fsp3) is 0.400. The zero-order valence-electron chi connectivity index (χ0n) is 11.1. The molecule has 0 unspecified atom stereocenters. The number of benzene rings is 1. The molecule has 0 spiro atoms. The molecule has 1 N–H and O–H groups in total. The monoisotopic (exact) mass is 260 g/mol. The molecule has 0 saturated heterocycles. The first-order chi connectivity index (χ1) is 8.83. The third kappa shape index (κ3) is 3.40. The molecule has 0 aliphatic rings. The Kier molecular flexibility index (Phi) is 4.90. The zero-order valence-corrected chi connectivity index (χ0v) is 11.9. The highest BCUT2D eigenvalue weighted by Gasteiger charge is 2.02. The van der Waals surface area contributed by atoms with Crippen LogP contribution in [0.2, 0.25) is 0 Å². The van der Waals surface area contributed by atoms with Crippen LogP contribution in [0.1, 0.15) is 34.9 Å². The first-order valence-corrected chi connectivity index (χ1v) is 7.36. The lowest BCUT2D eigenvalue weighted by Gasteiger charge is -2.08. The van der Waals surface area contributed by atoms with Crippen LogP contribution in [-0.4, -0.2) is 4.98 Å². The maximum atomic E-state index is 4.37. The van der Waals surface area contributed by atoms with E-state index in [1.807, 2.05) is 6.20 Å². The minimum atomic E-state index is 0.912. The second-order valence-electron chi connectivity index (χ2n) is 4.30. The fourth-order valence-corrected chi connectivity index (χ4v) is 2.82. The Morgan fingerprint density at radius 3 is 2.50 bits per heavy atom. The van der Waals surface area contributed by atoms with E-state index in [0.29, 0.717) is 0 Å². The van der Waals surface area contributed by atoms with E-state index < -0.39 is 0 Å². The second-order valence-corrected chi connectivity index (χ2v) is 5.50. The molecule has 3 heteroatoms. The van der Waals surface area contributed by atoms with Crippen molar-refractivity contribution in [2.24, 2.45) is 0 Å². The minimum absolute atomic E-state index is 0.912. The molecule has 18 heavy (non-hydrogen) atoms. The molecule has 2 rings (SSSR count). The average molecular weight is 260 g/mol. The third-order valence-corrected chi connectivity index (χ3v) is 4.16.